The van der Waals surface area contributed by atoms with Crippen molar-refractivity contribution in [2.24, 2.45) is 0 Å². The fourth-order valence-electron chi connectivity index (χ4n) is 2.61. The molecule has 0 saturated carbocycles. The molecule has 1 aromatic carbocycles. The van der Waals surface area contributed by atoms with Crippen molar-refractivity contribution < 1.29 is 0 Å². The predicted octanol–water partition coefficient (Wildman–Crippen LogP) is 3.43. The van der Waals surface area contributed by atoms with Crippen molar-refractivity contribution in [3.05, 3.63) is 59.3 Å². The summed E-state index contributed by atoms with van der Waals surface area (Å²) < 4.78 is 0. The quantitative estimate of drug-likeness (QED) is 0.779. The van der Waals surface area contributed by atoms with Gasteiger partial charge in [-0.05, 0) is 41.7 Å². The number of nitrogens with zero attached hydrogens (tertiary/aromatic N) is 2. The van der Waals surface area contributed by atoms with Gasteiger partial charge in [0.2, 0.25) is 0 Å². The highest BCUT2D eigenvalue weighted by molar-refractivity contribution is 6.17. The maximum absolute atomic E-state index is 5.90. The average molecular weight is 273 g/mol. The number of anilines is 1. The minimum absolute atomic E-state index is 0.545. The number of pyridine rings is 1. The van der Waals surface area contributed by atoms with Crippen molar-refractivity contribution in [2.45, 2.75) is 18.7 Å². The summed E-state index contributed by atoms with van der Waals surface area (Å²) in [4.78, 5) is 6.84. The molecule has 2 heterocycles. The lowest BCUT2D eigenvalue weighted by Crippen LogP contribution is -2.26. The van der Waals surface area contributed by atoms with E-state index < -0.39 is 0 Å². The van der Waals surface area contributed by atoms with E-state index in [1.807, 2.05) is 12.3 Å². The highest BCUT2D eigenvalue weighted by Gasteiger charge is 2.14. The van der Waals surface area contributed by atoms with Gasteiger partial charge in [0.25, 0.3) is 0 Å². The number of rotatable bonds is 2. The third kappa shape index (κ3) is 2.74. The van der Waals surface area contributed by atoms with E-state index in [-0.39, 0.29) is 0 Å². The van der Waals surface area contributed by atoms with E-state index in [1.165, 1.54) is 11.1 Å². The van der Waals surface area contributed by atoms with Crippen molar-refractivity contribution >= 4 is 17.4 Å². The third-order valence-corrected chi connectivity index (χ3v) is 4.02. The number of benzene rings is 1. The summed E-state index contributed by atoms with van der Waals surface area (Å²) in [6.45, 7) is 2.05. The van der Waals surface area contributed by atoms with Crippen LogP contribution in [0.5, 0.6) is 0 Å². The van der Waals surface area contributed by atoms with Crippen LogP contribution in [0.25, 0.3) is 0 Å². The average Bonchev–Trinajstić information content (AvgIpc) is 2.70. The van der Waals surface area contributed by atoms with Gasteiger partial charge in [-0.25, -0.2) is 4.98 Å². The Kier molecular flexibility index (Phi) is 3.69. The van der Waals surface area contributed by atoms with Crippen molar-refractivity contribution in [3.63, 3.8) is 0 Å². The fraction of sp³-hybridized carbons (Fsp3) is 0.312. The Morgan fingerprint density at radius 1 is 1.05 bits per heavy atom. The molecular formula is C16H17ClN2. The summed E-state index contributed by atoms with van der Waals surface area (Å²) in [7, 11) is 0. The Hall–Kier alpha value is -1.54. The molecule has 1 aliphatic heterocycles. The molecule has 0 spiro atoms. The van der Waals surface area contributed by atoms with Crippen LogP contribution in [-0.2, 0) is 18.7 Å². The molecular weight excluding hydrogens is 256 g/mol. The topological polar surface area (TPSA) is 16.1 Å². The van der Waals surface area contributed by atoms with Crippen LogP contribution >= 0.6 is 11.6 Å². The van der Waals surface area contributed by atoms with Crippen LogP contribution in [0.1, 0.15) is 16.7 Å². The standard InChI is InChI=1S/C16H17ClN2/c17-12-13-5-8-18-16(11-13)19-9-6-14-3-1-2-4-15(14)7-10-19/h1-5,8,11H,6-7,9-10,12H2. The van der Waals surface area contributed by atoms with Crippen LogP contribution in [-0.4, -0.2) is 18.1 Å². The van der Waals surface area contributed by atoms with Crippen molar-refractivity contribution in [2.75, 3.05) is 18.0 Å². The Morgan fingerprint density at radius 3 is 2.37 bits per heavy atom. The first-order valence-electron chi connectivity index (χ1n) is 6.69. The number of alkyl halides is 1. The molecule has 0 saturated heterocycles. The zero-order valence-corrected chi connectivity index (χ0v) is 11.6. The SMILES string of the molecule is ClCc1ccnc(N2CCc3ccccc3CC2)c1. The highest BCUT2D eigenvalue weighted by atomic mass is 35.5. The minimum atomic E-state index is 0.545. The van der Waals surface area contributed by atoms with Crippen LogP contribution < -0.4 is 4.90 Å². The third-order valence-electron chi connectivity index (χ3n) is 3.71. The maximum atomic E-state index is 5.90. The summed E-state index contributed by atoms with van der Waals surface area (Å²) in [6, 6.07) is 12.8. The van der Waals surface area contributed by atoms with Gasteiger partial charge in [0.05, 0.1) is 0 Å². The first-order valence-corrected chi connectivity index (χ1v) is 7.23. The molecule has 3 heteroatoms. The monoisotopic (exact) mass is 272 g/mol. The smallest absolute Gasteiger partial charge is 0.128 e. The van der Waals surface area contributed by atoms with Gasteiger partial charge in [-0.2, -0.15) is 0 Å². The summed E-state index contributed by atoms with van der Waals surface area (Å²) in [6.07, 6.45) is 4.02. The molecule has 0 bridgehead atoms. The molecule has 2 nitrogen and oxygen atoms in total. The van der Waals surface area contributed by atoms with Crippen LogP contribution in [0.15, 0.2) is 42.6 Å². The van der Waals surface area contributed by atoms with E-state index in [0.717, 1.165) is 37.3 Å². The molecule has 0 N–H and O–H groups in total. The molecule has 0 fully saturated rings. The number of aromatic nitrogens is 1. The Labute approximate surface area is 119 Å². The second kappa shape index (κ2) is 5.62. The molecule has 0 atom stereocenters. The number of halogens is 1. The summed E-state index contributed by atoms with van der Waals surface area (Å²) in [5, 5.41) is 0. The first kappa shape index (κ1) is 12.5. The van der Waals surface area contributed by atoms with Gasteiger partial charge >= 0.3 is 0 Å². The maximum Gasteiger partial charge on any atom is 0.128 e. The lowest BCUT2D eigenvalue weighted by Gasteiger charge is -2.21. The molecule has 0 unspecified atom stereocenters. The molecule has 0 amide bonds. The minimum Gasteiger partial charge on any atom is -0.356 e. The van der Waals surface area contributed by atoms with E-state index in [0.29, 0.717) is 5.88 Å². The van der Waals surface area contributed by atoms with E-state index in [4.69, 9.17) is 11.6 Å². The second-order valence-corrected chi connectivity index (χ2v) is 5.18. The number of fused-ring (bicyclic) bond motifs is 1. The Balaban J connectivity index is 1.81. The zero-order valence-electron chi connectivity index (χ0n) is 10.8. The largest absolute Gasteiger partial charge is 0.356 e. The first-order chi connectivity index (χ1) is 9.36. The normalized spacial score (nSPS) is 14.9. The highest BCUT2D eigenvalue weighted by Crippen LogP contribution is 2.20. The second-order valence-electron chi connectivity index (χ2n) is 4.91. The van der Waals surface area contributed by atoms with Gasteiger partial charge < -0.3 is 4.90 Å². The summed E-state index contributed by atoms with van der Waals surface area (Å²) >= 11 is 5.90. The van der Waals surface area contributed by atoms with E-state index in [2.05, 4.69) is 40.2 Å². The molecule has 98 valence electrons. The fourth-order valence-corrected chi connectivity index (χ4v) is 2.78. The van der Waals surface area contributed by atoms with E-state index in [1.54, 1.807) is 0 Å². The molecule has 0 radical (unpaired) electrons. The van der Waals surface area contributed by atoms with Gasteiger partial charge in [0, 0.05) is 25.2 Å². The van der Waals surface area contributed by atoms with Crippen LogP contribution in [0.2, 0.25) is 0 Å². The van der Waals surface area contributed by atoms with Gasteiger partial charge in [0.15, 0.2) is 0 Å². The lowest BCUT2D eigenvalue weighted by molar-refractivity contribution is 0.790. The Bertz CT molecular complexity index is 541. The van der Waals surface area contributed by atoms with Gasteiger partial charge in [-0.3, -0.25) is 0 Å². The van der Waals surface area contributed by atoms with Gasteiger partial charge in [-0.15, -0.1) is 11.6 Å². The Morgan fingerprint density at radius 2 is 1.74 bits per heavy atom. The van der Waals surface area contributed by atoms with Crippen molar-refractivity contribution in [3.8, 4) is 0 Å². The van der Waals surface area contributed by atoms with Crippen LogP contribution in [0, 0.1) is 0 Å². The molecule has 3 rings (SSSR count). The zero-order chi connectivity index (χ0) is 13.1. The predicted molar refractivity (Wildman–Crippen MR) is 79.9 cm³/mol. The van der Waals surface area contributed by atoms with Gasteiger partial charge in [-0.1, -0.05) is 24.3 Å². The number of hydrogen-bond acceptors (Lipinski definition) is 2. The van der Waals surface area contributed by atoms with Gasteiger partial charge in [0.1, 0.15) is 5.82 Å². The molecule has 1 aliphatic rings. The van der Waals surface area contributed by atoms with Crippen LogP contribution in [0.4, 0.5) is 5.82 Å². The molecule has 19 heavy (non-hydrogen) atoms. The van der Waals surface area contributed by atoms with E-state index >= 15 is 0 Å². The summed E-state index contributed by atoms with van der Waals surface area (Å²) in [5.74, 6) is 1.59. The molecule has 1 aromatic heterocycles. The lowest BCUT2D eigenvalue weighted by atomic mass is 10.0. The number of hydrogen-bond donors (Lipinski definition) is 0. The molecule has 0 aliphatic carbocycles. The summed E-state index contributed by atoms with van der Waals surface area (Å²) in [5.41, 5.74) is 4.07. The van der Waals surface area contributed by atoms with Crippen molar-refractivity contribution in [1.82, 2.24) is 4.98 Å². The molecule has 2 aromatic rings. The van der Waals surface area contributed by atoms with E-state index in [9.17, 15) is 0 Å². The van der Waals surface area contributed by atoms with Crippen LogP contribution in [0.3, 0.4) is 0 Å². The van der Waals surface area contributed by atoms with Crippen molar-refractivity contribution in [1.29, 1.82) is 0 Å².